The molecule has 0 saturated heterocycles. The second kappa shape index (κ2) is 5.11. The zero-order valence-corrected chi connectivity index (χ0v) is 11.3. The maximum atomic E-state index is 5.93. The van der Waals surface area contributed by atoms with E-state index in [9.17, 15) is 0 Å². The fourth-order valence-corrected chi connectivity index (χ4v) is 2.00. The summed E-state index contributed by atoms with van der Waals surface area (Å²) in [7, 11) is 0. The molecule has 0 fully saturated rings. The van der Waals surface area contributed by atoms with Crippen molar-refractivity contribution in [2.24, 2.45) is 4.99 Å². The Morgan fingerprint density at radius 2 is 1.79 bits per heavy atom. The lowest BCUT2D eigenvalue weighted by atomic mass is 10.2. The number of hydrogen-bond donors (Lipinski definition) is 0. The fraction of sp³-hybridized carbons (Fsp3) is 0.0714. The first-order valence-corrected chi connectivity index (χ1v) is 6.37. The van der Waals surface area contributed by atoms with E-state index in [0.717, 1.165) is 22.7 Å². The Labute approximate surface area is 120 Å². The van der Waals surface area contributed by atoms with Gasteiger partial charge in [0.2, 0.25) is 6.79 Å². The third-order valence-corrected chi connectivity index (χ3v) is 3.40. The Hall–Kier alpha value is -1.71. The third kappa shape index (κ3) is 2.67. The van der Waals surface area contributed by atoms with E-state index in [1.165, 1.54) is 0 Å². The number of ether oxygens (including phenoxy) is 2. The number of hydrogen-bond acceptors (Lipinski definition) is 3. The lowest BCUT2D eigenvalue weighted by Crippen LogP contribution is -1.92. The summed E-state index contributed by atoms with van der Waals surface area (Å²) in [6.45, 7) is 0.267. The van der Waals surface area contributed by atoms with Gasteiger partial charge in [0.05, 0.1) is 15.7 Å². The van der Waals surface area contributed by atoms with Crippen molar-refractivity contribution in [3.8, 4) is 11.5 Å². The Bertz CT molecular complexity index is 656. The first-order valence-electron chi connectivity index (χ1n) is 5.61. The molecule has 0 aliphatic carbocycles. The molecule has 5 heteroatoms. The minimum Gasteiger partial charge on any atom is -0.454 e. The molecular formula is C14H9Cl2NO2. The molecule has 19 heavy (non-hydrogen) atoms. The summed E-state index contributed by atoms with van der Waals surface area (Å²) in [4.78, 5) is 4.34. The maximum Gasteiger partial charge on any atom is 0.231 e. The van der Waals surface area contributed by atoms with Crippen LogP contribution in [0.15, 0.2) is 41.4 Å². The smallest absolute Gasteiger partial charge is 0.231 e. The van der Waals surface area contributed by atoms with Gasteiger partial charge in [-0.05, 0) is 42.0 Å². The third-order valence-electron chi connectivity index (χ3n) is 2.66. The molecule has 0 spiro atoms. The van der Waals surface area contributed by atoms with Crippen molar-refractivity contribution in [1.29, 1.82) is 0 Å². The van der Waals surface area contributed by atoms with Crippen molar-refractivity contribution < 1.29 is 9.47 Å². The van der Waals surface area contributed by atoms with Crippen LogP contribution in [-0.2, 0) is 0 Å². The molecule has 3 rings (SSSR count). The average Bonchev–Trinajstić information content (AvgIpc) is 2.87. The summed E-state index contributed by atoms with van der Waals surface area (Å²) in [6, 6.07) is 10.9. The largest absolute Gasteiger partial charge is 0.454 e. The van der Waals surface area contributed by atoms with Gasteiger partial charge in [-0.2, -0.15) is 0 Å². The number of benzene rings is 2. The molecule has 1 aliphatic rings. The van der Waals surface area contributed by atoms with Gasteiger partial charge in [-0.1, -0.05) is 23.2 Å². The molecule has 3 nitrogen and oxygen atoms in total. The molecule has 0 radical (unpaired) electrons. The van der Waals surface area contributed by atoms with Crippen LogP contribution >= 0.6 is 23.2 Å². The molecule has 96 valence electrons. The van der Waals surface area contributed by atoms with Gasteiger partial charge < -0.3 is 9.47 Å². The van der Waals surface area contributed by atoms with Crippen LogP contribution in [0.3, 0.4) is 0 Å². The number of nitrogens with zero attached hydrogens (tertiary/aromatic N) is 1. The number of halogens is 2. The zero-order chi connectivity index (χ0) is 13.2. The zero-order valence-electron chi connectivity index (χ0n) is 9.77. The summed E-state index contributed by atoms with van der Waals surface area (Å²) in [5, 5.41) is 1.01. The van der Waals surface area contributed by atoms with Crippen molar-refractivity contribution in [1.82, 2.24) is 0 Å². The standard InChI is InChI=1S/C14H9Cl2NO2/c15-11-3-2-10(6-12(11)16)17-7-9-1-4-13-14(5-9)19-8-18-13/h1-7H,8H2. The van der Waals surface area contributed by atoms with Crippen LogP contribution in [0, 0.1) is 0 Å². The molecule has 0 N–H and O–H groups in total. The SMILES string of the molecule is Clc1ccc(N=Cc2ccc3c(c2)OCO3)cc1Cl. The lowest BCUT2D eigenvalue weighted by molar-refractivity contribution is 0.174. The predicted octanol–water partition coefficient (Wildman–Crippen LogP) is 4.47. The summed E-state index contributed by atoms with van der Waals surface area (Å²) in [5.41, 5.74) is 1.67. The molecular weight excluding hydrogens is 285 g/mol. The monoisotopic (exact) mass is 293 g/mol. The van der Waals surface area contributed by atoms with Gasteiger partial charge in [-0.3, -0.25) is 4.99 Å². The number of aliphatic imine (C=N–C) groups is 1. The lowest BCUT2D eigenvalue weighted by Gasteiger charge is -1.99. The van der Waals surface area contributed by atoms with E-state index in [2.05, 4.69) is 4.99 Å². The van der Waals surface area contributed by atoms with Gasteiger partial charge in [-0.25, -0.2) is 0 Å². The first-order chi connectivity index (χ1) is 9.22. The van der Waals surface area contributed by atoms with E-state index in [1.807, 2.05) is 18.2 Å². The van der Waals surface area contributed by atoms with Crippen molar-refractivity contribution in [2.45, 2.75) is 0 Å². The van der Waals surface area contributed by atoms with E-state index in [4.69, 9.17) is 32.7 Å². The molecule has 0 aromatic heterocycles. The van der Waals surface area contributed by atoms with E-state index in [-0.39, 0.29) is 6.79 Å². The molecule has 0 atom stereocenters. The Morgan fingerprint density at radius 1 is 0.947 bits per heavy atom. The summed E-state index contributed by atoms with van der Waals surface area (Å²) in [5.74, 6) is 1.49. The van der Waals surface area contributed by atoms with Crippen LogP contribution in [0.5, 0.6) is 11.5 Å². The molecule has 0 saturated carbocycles. The van der Waals surface area contributed by atoms with Gasteiger partial charge in [0.25, 0.3) is 0 Å². The van der Waals surface area contributed by atoms with Crippen molar-refractivity contribution in [3.05, 3.63) is 52.0 Å². The minimum atomic E-state index is 0.267. The molecule has 0 unspecified atom stereocenters. The van der Waals surface area contributed by atoms with E-state index in [0.29, 0.717) is 10.0 Å². The maximum absolute atomic E-state index is 5.93. The highest BCUT2D eigenvalue weighted by Gasteiger charge is 2.12. The second-order valence-corrected chi connectivity index (χ2v) is 4.78. The second-order valence-electron chi connectivity index (χ2n) is 3.97. The van der Waals surface area contributed by atoms with Gasteiger partial charge in [0, 0.05) is 6.21 Å². The number of rotatable bonds is 2. The minimum absolute atomic E-state index is 0.267. The van der Waals surface area contributed by atoms with Crippen LogP contribution in [0.2, 0.25) is 10.0 Å². The molecule has 1 heterocycles. The first kappa shape index (κ1) is 12.3. The van der Waals surface area contributed by atoms with Crippen LogP contribution in [0.4, 0.5) is 5.69 Å². The molecule has 1 aliphatic heterocycles. The van der Waals surface area contributed by atoms with Crippen LogP contribution in [0.25, 0.3) is 0 Å². The highest BCUT2D eigenvalue weighted by atomic mass is 35.5. The van der Waals surface area contributed by atoms with Gasteiger partial charge >= 0.3 is 0 Å². The van der Waals surface area contributed by atoms with Crippen molar-refractivity contribution in [3.63, 3.8) is 0 Å². The average molecular weight is 294 g/mol. The van der Waals surface area contributed by atoms with Gasteiger partial charge in [-0.15, -0.1) is 0 Å². The molecule has 2 aromatic carbocycles. The van der Waals surface area contributed by atoms with Crippen molar-refractivity contribution >= 4 is 35.1 Å². The van der Waals surface area contributed by atoms with Gasteiger partial charge in [0.1, 0.15) is 0 Å². The molecule has 2 aromatic rings. The Balaban J connectivity index is 1.84. The van der Waals surface area contributed by atoms with Crippen LogP contribution in [0.1, 0.15) is 5.56 Å². The normalized spacial score (nSPS) is 13.2. The Kier molecular flexibility index (Phi) is 3.32. The van der Waals surface area contributed by atoms with Gasteiger partial charge in [0.15, 0.2) is 11.5 Å². The molecule has 0 amide bonds. The summed E-state index contributed by atoms with van der Waals surface area (Å²) in [6.07, 6.45) is 1.74. The van der Waals surface area contributed by atoms with Crippen molar-refractivity contribution in [2.75, 3.05) is 6.79 Å². The highest BCUT2D eigenvalue weighted by Crippen LogP contribution is 2.32. The quantitative estimate of drug-likeness (QED) is 0.765. The van der Waals surface area contributed by atoms with E-state index >= 15 is 0 Å². The van der Waals surface area contributed by atoms with Crippen LogP contribution < -0.4 is 9.47 Å². The van der Waals surface area contributed by atoms with Crippen LogP contribution in [-0.4, -0.2) is 13.0 Å². The summed E-state index contributed by atoms with van der Waals surface area (Å²) >= 11 is 11.8. The Morgan fingerprint density at radius 3 is 2.63 bits per heavy atom. The van der Waals surface area contributed by atoms with E-state index in [1.54, 1.807) is 24.4 Å². The molecule has 0 bridgehead atoms. The predicted molar refractivity (Wildman–Crippen MR) is 76.3 cm³/mol. The highest BCUT2D eigenvalue weighted by molar-refractivity contribution is 6.42. The summed E-state index contributed by atoms with van der Waals surface area (Å²) < 4.78 is 10.5. The fourth-order valence-electron chi connectivity index (χ4n) is 1.71. The van der Waals surface area contributed by atoms with E-state index < -0.39 is 0 Å². The topological polar surface area (TPSA) is 30.8 Å². The number of fused-ring (bicyclic) bond motifs is 1.